The van der Waals surface area contributed by atoms with Gasteiger partial charge in [0.25, 0.3) is 0 Å². The van der Waals surface area contributed by atoms with Crippen LogP contribution in [0.3, 0.4) is 0 Å². The van der Waals surface area contributed by atoms with Crippen molar-refractivity contribution in [3.05, 3.63) is 42.1 Å². The molecule has 0 radical (unpaired) electrons. The Morgan fingerprint density at radius 2 is 2.19 bits per heavy atom. The van der Waals surface area contributed by atoms with Gasteiger partial charge in [-0.3, -0.25) is 4.98 Å². The fraction of sp³-hybridized carbons (Fsp3) is 0.526. The molecule has 0 aliphatic heterocycles. The summed E-state index contributed by atoms with van der Waals surface area (Å²) in [6.45, 7) is 3.36. The summed E-state index contributed by atoms with van der Waals surface area (Å²) in [4.78, 5) is 4.39. The van der Waals surface area contributed by atoms with Gasteiger partial charge < -0.3 is 5.32 Å². The Labute approximate surface area is 127 Å². The van der Waals surface area contributed by atoms with Gasteiger partial charge in [-0.2, -0.15) is 0 Å². The first-order valence-electron chi connectivity index (χ1n) is 8.36. The molecule has 2 bridgehead atoms. The van der Waals surface area contributed by atoms with Crippen LogP contribution in [0.4, 0.5) is 0 Å². The van der Waals surface area contributed by atoms with E-state index in [1.165, 1.54) is 36.6 Å². The molecular formula is C19H24N2. The molecule has 2 fully saturated rings. The van der Waals surface area contributed by atoms with E-state index >= 15 is 0 Å². The summed E-state index contributed by atoms with van der Waals surface area (Å²) in [5.41, 5.74) is 2.45. The Morgan fingerprint density at radius 3 is 3.00 bits per heavy atom. The minimum absolute atomic E-state index is 0.643. The molecule has 4 atom stereocenters. The third-order valence-electron chi connectivity index (χ3n) is 5.73. The summed E-state index contributed by atoms with van der Waals surface area (Å²) in [5.74, 6) is 2.94. The number of hydrogen-bond donors (Lipinski definition) is 1. The average Bonchev–Trinajstić information content (AvgIpc) is 3.15. The van der Waals surface area contributed by atoms with Crippen molar-refractivity contribution in [3.8, 4) is 0 Å². The molecule has 0 saturated heterocycles. The molecule has 21 heavy (non-hydrogen) atoms. The first-order chi connectivity index (χ1) is 10.3. The molecule has 4 unspecified atom stereocenters. The van der Waals surface area contributed by atoms with Crippen molar-refractivity contribution in [2.45, 2.75) is 45.2 Å². The normalized spacial score (nSPS) is 29.1. The number of fused-ring (bicyclic) bond motifs is 3. The highest BCUT2D eigenvalue weighted by Crippen LogP contribution is 2.49. The largest absolute Gasteiger partial charge is 0.310 e. The van der Waals surface area contributed by atoms with Gasteiger partial charge in [0.05, 0.1) is 5.52 Å². The van der Waals surface area contributed by atoms with Crippen LogP contribution in [0.2, 0.25) is 0 Å². The second-order valence-corrected chi connectivity index (χ2v) is 7.04. The van der Waals surface area contributed by atoms with Crippen molar-refractivity contribution in [2.75, 3.05) is 0 Å². The van der Waals surface area contributed by atoms with E-state index in [0.717, 1.165) is 29.8 Å². The molecule has 1 N–H and O–H groups in total. The van der Waals surface area contributed by atoms with Crippen LogP contribution in [0.1, 0.15) is 38.2 Å². The van der Waals surface area contributed by atoms with E-state index in [1.54, 1.807) is 0 Å². The first-order valence-corrected chi connectivity index (χ1v) is 8.36. The van der Waals surface area contributed by atoms with E-state index in [-0.39, 0.29) is 0 Å². The molecule has 2 aliphatic rings. The third-order valence-corrected chi connectivity index (χ3v) is 5.73. The maximum absolute atomic E-state index is 4.39. The lowest BCUT2D eigenvalue weighted by Crippen LogP contribution is -2.35. The van der Waals surface area contributed by atoms with E-state index in [9.17, 15) is 0 Å². The molecule has 2 nitrogen and oxygen atoms in total. The van der Waals surface area contributed by atoms with E-state index in [1.807, 2.05) is 12.3 Å². The Morgan fingerprint density at radius 1 is 1.24 bits per heavy atom. The molecular weight excluding hydrogens is 256 g/mol. The summed E-state index contributed by atoms with van der Waals surface area (Å²) >= 11 is 0. The van der Waals surface area contributed by atoms with E-state index in [2.05, 4.69) is 41.5 Å². The van der Waals surface area contributed by atoms with E-state index in [4.69, 9.17) is 0 Å². The van der Waals surface area contributed by atoms with Gasteiger partial charge in [0.15, 0.2) is 0 Å². The number of rotatable bonds is 4. The van der Waals surface area contributed by atoms with Crippen LogP contribution in [-0.2, 0) is 6.54 Å². The number of benzene rings is 1. The van der Waals surface area contributed by atoms with Crippen molar-refractivity contribution in [2.24, 2.45) is 17.8 Å². The zero-order valence-corrected chi connectivity index (χ0v) is 12.8. The molecule has 2 heteroatoms. The Kier molecular flexibility index (Phi) is 3.42. The van der Waals surface area contributed by atoms with Crippen molar-refractivity contribution < 1.29 is 0 Å². The molecule has 110 valence electrons. The zero-order valence-electron chi connectivity index (χ0n) is 12.8. The van der Waals surface area contributed by atoms with Gasteiger partial charge >= 0.3 is 0 Å². The third kappa shape index (κ3) is 2.57. The fourth-order valence-corrected chi connectivity index (χ4v) is 4.57. The molecule has 1 heterocycles. The predicted molar refractivity (Wildman–Crippen MR) is 87.0 cm³/mol. The second kappa shape index (κ2) is 5.42. The average molecular weight is 280 g/mol. The van der Waals surface area contributed by atoms with Crippen LogP contribution in [0, 0.1) is 17.8 Å². The fourth-order valence-electron chi connectivity index (χ4n) is 4.57. The van der Waals surface area contributed by atoms with Gasteiger partial charge in [0.2, 0.25) is 0 Å². The van der Waals surface area contributed by atoms with Gasteiger partial charge in [-0.05, 0) is 67.7 Å². The lowest BCUT2D eigenvalue weighted by Gasteiger charge is -2.28. The van der Waals surface area contributed by atoms with Crippen LogP contribution in [0.5, 0.6) is 0 Å². The van der Waals surface area contributed by atoms with Gasteiger partial charge in [0.1, 0.15) is 0 Å². The summed E-state index contributed by atoms with van der Waals surface area (Å²) in [7, 11) is 0. The standard InChI is InChI=1S/C19H24N2/c1-13(18-11-14-4-6-16(18)9-14)21-12-15-5-7-19-17(10-15)3-2-8-20-19/h2-3,5,7-8,10,13-14,16,18,21H,4,6,9,11-12H2,1H3. The lowest BCUT2D eigenvalue weighted by atomic mass is 9.84. The van der Waals surface area contributed by atoms with Crippen molar-refractivity contribution in [1.29, 1.82) is 0 Å². The Balaban J connectivity index is 1.41. The van der Waals surface area contributed by atoms with Crippen molar-refractivity contribution in [3.63, 3.8) is 0 Å². The molecule has 1 aromatic heterocycles. The van der Waals surface area contributed by atoms with E-state index in [0.29, 0.717) is 6.04 Å². The SMILES string of the molecule is CC(NCc1ccc2ncccc2c1)C1CC2CCC1C2. The van der Waals surface area contributed by atoms with Crippen LogP contribution < -0.4 is 5.32 Å². The monoisotopic (exact) mass is 280 g/mol. The van der Waals surface area contributed by atoms with Crippen LogP contribution in [0.25, 0.3) is 10.9 Å². The highest BCUT2D eigenvalue weighted by molar-refractivity contribution is 5.78. The molecule has 4 rings (SSSR count). The molecule has 2 saturated carbocycles. The van der Waals surface area contributed by atoms with Crippen LogP contribution in [0.15, 0.2) is 36.5 Å². The number of hydrogen-bond acceptors (Lipinski definition) is 2. The van der Waals surface area contributed by atoms with Gasteiger partial charge in [0, 0.05) is 24.2 Å². The van der Waals surface area contributed by atoms with Crippen LogP contribution >= 0.6 is 0 Å². The number of nitrogens with one attached hydrogen (secondary N) is 1. The quantitative estimate of drug-likeness (QED) is 0.910. The predicted octanol–water partition coefficient (Wildman–Crippen LogP) is 4.15. The highest BCUT2D eigenvalue weighted by atomic mass is 14.9. The maximum atomic E-state index is 4.39. The van der Waals surface area contributed by atoms with Gasteiger partial charge in [-0.1, -0.05) is 18.6 Å². The van der Waals surface area contributed by atoms with Gasteiger partial charge in [-0.25, -0.2) is 0 Å². The second-order valence-electron chi connectivity index (χ2n) is 7.04. The van der Waals surface area contributed by atoms with Gasteiger partial charge in [-0.15, -0.1) is 0 Å². The molecule has 2 aliphatic carbocycles. The van der Waals surface area contributed by atoms with Crippen molar-refractivity contribution >= 4 is 10.9 Å². The molecule has 2 aromatic rings. The Hall–Kier alpha value is -1.41. The number of aromatic nitrogens is 1. The minimum atomic E-state index is 0.643. The number of nitrogens with zero attached hydrogens (tertiary/aromatic N) is 1. The lowest BCUT2D eigenvalue weighted by molar-refractivity contribution is 0.259. The summed E-state index contributed by atoms with van der Waals surface area (Å²) in [5, 5.41) is 5.01. The Bertz CT molecular complexity index is 636. The zero-order chi connectivity index (χ0) is 14.2. The summed E-state index contributed by atoms with van der Waals surface area (Å²) in [6.07, 6.45) is 7.78. The summed E-state index contributed by atoms with van der Waals surface area (Å²) < 4.78 is 0. The van der Waals surface area contributed by atoms with Crippen molar-refractivity contribution in [1.82, 2.24) is 10.3 Å². The molecule has 0 amide bonds. The molecule has 1 aromatic carbocycles. The first kappa shape index (κ1) is 13.3. The highest BCUT2D eigenvalue weighted by Gasteiger charge is 2.41. The smallest absolute Gasteiger partial charge is 0.0702 e. The van der Waals surface area contributed by atoms with E-state index < -0.39 is 0 Å². The van der Waals surface area contributed by atoms with Crippen LogP contribution in [-0.4, -0.2) is 11.0 Å². The minimum Gasteiger partial charge on any atom is -0.310 e. The topological polar surface area (TPSA) is 24.9 Å². The number of pyridine rings is 1. The maximum Gasteiger partial charge on any atom is 0.0702 e. The molecule has 0 spiro atoms. The summed E-state index contributed by atoms with van der Waals surface area (Å²) in [6, 6.07) is 11.4.